The molecule has 0 aliphatic carbocycles. The Kier molecular flexibility index (Phi) is 1.85. The highest BCUT2D eigenvalue weighted by atomic mass is 35.5. The summed E-state index contributed by atoms with van der Waals surface area (Å²) in [7, 11) is 0. The number of halogens is 1. The molecule has 0 fully saturated rings. The van der Waals surface area contributed by atoms with Gasteiger partial charge in [0.2, 0.25) is 0 Å². The van der Waals surface area contributed by atoms with Crippen molar-refractivity contribution < 1.29 is 0 Å². The maximum absolute atomic E-state index is 11.4. The summed E-state index contributed by atoms with van der Waals surface area (Å²) in [5, 5.41) is 2.08. The SMILES string of the molecule is Cc1cccc2c(=O)[nH]cc(Cl)c12. The third kappa shape index (κ3) is 1.23. The first kappa shape index (κ1) is 8.32. The third-order valence-corrected chi connectivity index (χ3v) is 2.38. The molecule has 2 aromatic rings. The number of nitrogens with one attached hydrogen (secondary N) is 1. The lowest BCUT2D eigenvalue weighted by Crippen LogP contribution is -2.05. The van der Waals surface area contributed by atoms with Gasteiger partial charge in [-0.3, -0.25) is 4.79 Å². The molecule has 2 rings (SSSR count). The molecule has 1 aromatic carbocycles. The highest BCUT2D eigenvalue weighted by Crippen LogP contribution is 2.22. The fourth-order valence-electron chi connectivity index (χ4n) is 1.45. The number of pyridine rings is 1. The maximum Gasteiger partial charge on any atom is 0.255 e. The van der Waals surface area contributed by atoms with Crippen molar-refractivity contribution in [2.75, 3.05) is 0 Å². The standard InChI is InChI=1S/C10H8ClNO/c1-6-3-2-4-7-9(6)8(11)5-12-10(7)13/h2-5H,1H3,(H,12,13). The summed E-state index contributed by atoms with van der Waals surface area (Å²) in [6.45, 7) is 1.94. The minimum Gasteiger partial charge on any atom is -0.327 e. The molecule has 0 saturated carbocycles. The van der Waals surface area contributed by atoms with E-state index in [4.69, 9.17) is 11.6 Å². The monoisotopic (exact) mass is 193 g/mol. The van der Waals surface area contributed by atoms with Gasteiger partial charge in [0.25, 0.3) is 5.56 Å². The van der Waals surface area contributed by atoms with Crippen LogP contribution in [0.15, 0.2) is 29.2 Å². The van der Waals surface area contributed by atoms with Gasteiger partial charge in [-0.05, 0) is 18.6 Å². The van der Waals surface area contributed by atoms with Gasteiger partial charge in [-0.15, -0.1) is 0 Å². The number of hydrogen-bond acceptors (Lipinski definition) is 1. The van der Waals surface area contributed by atoms with Gasteiger partial charge >= 0.3 is 0 Å². The summed E-state index contributed by atoms with van der Waals surface area (Å²) in [4.78, 5) is 14.0. The lowest BCUT2D eigenvalue weighted by atomic mass is 10.1. The molecule has 0 aliphatic rings. The second-order valence-electron chi connectivity index (χ2n) is 2.96. The van der Waals surface area contributed by atoms with E-state index in [9.17, 15) is 4.79 Å². The Morgan fingerprint density at radius 1 is 1.38 bits per heavy atom. The van der Waals surface area contributed by atoms with E-state index in [2.05, 4.69) is 4.98 Å². The van der Waals surface area contributed by atoms with Crippen LogP contribution in [0.5, 0.6) is 0 Å². The average molecular weight is 194 g/mol. The van der Waals surface area contributed by atoms with E-state index in [1.807, 2.05) is 19.1 Å². The number of aromatic amines is 1. The molecule has 2 nitrogen and oxygen atoms in total. The molecule has 0 unspecified atom stereocenters. The zero-order chi connectivity index (χ0) is 9.42. The summed E-state index contributed by atoms with van der Waals surface area (Å²) < 4.78 is 0. The van der Waals surface area contributed by atoms with Crippen LogP contribution < -0.4 is 5.56 Å². The van der Waals surface area contributed by atoms with Crippen molar-refractivity contribution in [3.63, 3.8) is 0 Å². The Labute approximate surface area is 80.2 Å². The zero-order valence-corrected chi connectivity index (χ0v) is 7.85. The van der Waals surface area contributed by atoms with Gasteiger partial charge in [0.15, 0.2) is 0 Å². The Balaban J connectivity index is 3.09. The fourth-order valence-corrected chi connectivity index (χ4v) is 1.76. The summed E-state index contributed by atoms with van der Waals surface area (Å²) in [6, 6.07) is 5.56. The van der Waals surface area contributed by atoms with E-state index in [-0.39, 0.29) is 5.56 Å². The van der Waals surface area contributed by atoms with Crippen LogP contribution in [0.25, 0.3) is 10.8 Å². The lowest BCUT2D eigenvalue weighted by molar-refractivity contribution is 1.27. The second-order valence-corrected chi connectivity index (χ2v) is 3.37. The molecule has 1 aromatic heterocycles. The van der Waals surface area contributed by atoms with Crippen LogP contribution in [0.2, 0.25) is 5.02 Å². The number of benzene rings is 1. The van der Waals surface area contributed by atoms with Gasteiger partial charge in [0.05, 0.1) is 5.02 Å². The van der Waals surface area contributed by atoms with E-state index < -0.39 is 0 Å². The highest BCUT2D eigenvalue weighted by Gasteiger charge is 2.03. The smallest absolute Gasteiger partial charge is 0.255 e. The summed E-state index contributed by atoms with van der Waals surface area (Å²) in [5.41, 5.74) is 0.928. The third-order valence-electron chi connectivity index (χ3n) is 2.09. The van der Waals surface area contributed by atoms with Crippen molar-refractivity contribution >= 4 is 22.4 Å². The topological polar surface area (TPSA) is 32.9 Å². The van der Waals surface area contributed by atoms with Gasteiger partial charge in [-0.2, -0.15) is 0 Å². The van der Waals surface area contributed by atoms with Crippen LogP contribution >= 0.6 is 11.6 Å². The van der Waals surface area contributed by atoms with E-state index in [0.717, 1.165) is 10.9 Å². The highest BCUT2D eigenvalue weighted by molar-refractivity contribution is 6.35. The zero-order valence-electron chi connectivity index (χ0n) is 7.10. The van der Waals surface area contributed by atoms with E-state index in [1.54, 1.807) is 6.07 Å². The minimum absolute atomic E-state index is 0.0944. The van der Waals surface area contributed by atoms with Crippen molar-refractivity contribution in [3.8, 4) is 0 Å². The fraction of sp³-hybridized carbons (Fsp3) is 0.100. The van der Waals surface area contributed by atoms with Crippen molar-refractivity contribution in [1.29, 1.82) is 0 Å². The lowest BCUT2D eigenvalue weighted by Gasteiger charge is -2.01. The van der Waals surface area contributed by atoms with Crippen molar-refractivity contribution in [1.82, 2.24) is 4.98 Å². The summed E-state index contributed by atoms with van der Waals surface area (Å²) in [5.74, 6) is 0. The minimum atomic E-state index is -0.0944. The first-order valence-electron chi connectivity index (χ1n) is 3.96. The number of aromatic nitrogens is 1. The van der Waals surface area contributed by atoms with Crippen LogP contribution in [0.1, 0.15) is 5.56 Å². The largest absolute Gasteiger partial charge is 0.327 e. The van der Waals surface area contributed by atoms with Crippen LogP contribution in [0.3, 0.4) is 0 Å². The van der Waals surface area contributed by atoms with Gasteiger partial charge in [0.1, 0.15) is 0 Å². The first-order chi connectivity index (χ1) is 6.20. The molecular formula is C10H8ClNO. The van der Waals surface area contributed by atoms with Crippen LogP contribution in [-0.2, 0) is 0 Å². The molecular weight excluding hydrogens is 186 g/mol. The molecule has 0 amide bonds. The van der Waals surface area contributed by atoms with Gasteiger partial charge < -0.3 is 4.98 Å². The molecule has 1 N–H and O–H groups in total. The molecule has 0 radical (unpaired) electrons. The predicted octanol–water partition coefficient (Wildman–Crippen LogP) is 2.49. The Morgan fingerprint density at radius 2 is 2.15 bits per heavy atom. The molecule has 0 bridgehead atoms. The van der Waals surface area contributed by atoms with Crippen molar-refractivity contribution in [3.05, 3.63) is 45.3 Å². The normalized spacial score (nSPS) is 10.6. The number of rotatable bonds is 0. The number of H-pyrrole nitrogens is 1. The maximum atomic E-state index is 11.4. The van der Waals surface area contributed by atoms with Crippen molar-refractivity contribution in [2.45, 2.75) is 6.92 Å². The molecule has 1 heterocycles. The molecule has 0 saturated heterocycles. The number of fused-ring (bicyclic) bond motifs is 1. The average Bonchev–Trinajstić information content (AvgIpc) is 2.12. The second kappa shape index (κ2) is 2.89. The molecule has 0 spiro atoms. The molecule has 0 atom stereocenters. The van der Waals surface area contributed by atoms with Gasteiger partial charge in [-0.25, -0.2) is 0 Å². The van der Waals surface area contributed by atoms with Crippen molar-refractivity contribution in [2.24, 2.45) is 0 Å². The van der Waals surface area contributed by atoms with Crippen LogP contribution in [0.4, 0.5) is 0 Å². The Hall–Kier alpha value is -1.28. The summed E-state index contributed by atoms with van der Waals surface area (Å²) in [6.07, 6.45) is 1.53. The predicted molar refractivity (Wildman–Crippen MR) is 54.3 cm³/mol. The molecule has 3 heteroatoms. The Morgan fingerprint density at radius 3 is 2.85 bits per heavy atom. The molecule has 66 valence electrons. The van der Waals surface area contributed by atoms with E-state index >= 15 is 0 Å². The number of hydrogen-bond donors (Lipinski definition) is 1. The molecule has 13 heavy (non-hydrogen) atoms. The van der Waals surface area contributed by atoms with Crippen LogP contribution in [-0.4, -0.2) is 4.98 Å². The van der Waals surface area contributed by atoms with Crippen LogP contribution in [0, 0.1) is 6.92 Å². The quantitative estimate of drug-likeness (QED) is 0.685. The van der Waals surface area contributed by atoms with E-state index in [0.29, 0.717) is 10.4 Å². The summed E-state index contributed by atoms with van der Waals surface area (Å²) >= 11 is 5.96. The van der Waals surface area contributed by atoms with Gasteiger partial charge in [0, 0.05) is 17.0 Å². The Bertz CT molecular complexity index is 508. The van der Waals surface area contributed by atoms with E-state index in [1.165, 1.54) is 6.20 Å². The van der Waals surface area contributed by atoms with Gasteiger partial charge in [-0.1, -0.05) is 23.7 Å². The molecule has 0 aliphatic heterocycles. The first-order valence-corrected chi connectivity index (χ1v) is 4.34. The number of aryl methyl sites for hydroxylation is 1.